The molecule has 0 unspecified atom stereocenters. The third-order valence-corrected chi connectivity index (χ3v) is 9.42. The minimum absolute atomic E-state index is 0.0201. The summed E-state index contributed by atoms with van der Waals surface area (Å²) in [4.78, 5) is 46.1. The van der Waals surface area contributed by atoms with Crippen LogP contribution in [0, 0.1) is 11.8 Å². The lowest BCUT2D eigenvalue weighted by atomic mass is 9.92. The summed E-state index contributed by atoms with van der Waals surface area (Å²) in [7, 11) is 0. The van der Waals surface area contributed by atoms with E-state index in [-0.39, 0.29) is 49.4 Å². The normalized spacial score (nSPS) is 15.9. The molecule has 0 aliphatic carbocycles. The van der Waals surface area contributed by atoms with Gasteiger partial charge in [0, 0.05) is 30.1 Å². The Bertz CT molecular complexity index is 1730. The van der Waals surface area contributed by atoms with Gasteiger partial charge in [0.2, 0.25) is 11.8 Å². The van der Waals surface area contributed by atoms with Gasteiger partial charge in [0.05, 0.1) is 30.5 Å². The highest BCUT2D eigenvalue weighted by Gasteiger charge is 2.33. The van der Waals surface area contributed by atoms with Crippen molar-refractivity contribution in [2.75, 3.05) is 13.2 Å². The molecule has 0 radical (unpaired) electrons. The summed E-state index contributed by atoms with van der Waals surface area (Å²) in [5.41, 5.74) is 5.18. The number of aliphatic hydroxyl groups is 1. The molecule has 0 saturated heterocycles. The van der Waals surface area contributed by atoms with Gasteiger partial charge in [0.15, 0.2) is 0 Å². The van der Waals surface area contributed by atoms with Crippen molar-refractivity contribution in [3.05, 3.63) is 133 Å². The monoisotopic (exact) mass is 661 g/mol. The highest BCUT2D eigenvalue weighted by Crippen LogP contribution is 2.26. The SMILES string of the molecule is C=CCC[C@H](Cc1ccccc1)C(=O)OC[C@H](Cc1c[nH]c2ccccc12)NC(=O)[C@H](CC=C)CC(=O)N1Cc2ccccc2C[C@H]1CO. The van der Waals surface area contributed by atoms with E-state index in [1.807, 2.05) is 85.1 Å². The number of rotatable bonds is 17. The van der Waals surface area contributed by atoms with Crippen molar-refractivity contribution >= 4 is 28.7 Å². The van der Waals surface area contributed by atoms with E-state index in [9.17, 15) is 19.5 Å². The van der Waals surface area contributed by atoms with Crippen LogP contribution in [-0.2, 0) is 44.9 Å². The molecule has 8 nitrogen and oxygen atoms in total. The van der Waals surface area contributed by atoms with Gasteiger partial charge in [-0.2, -0.15) is 0 Å². The van der Waals surface area contributed by atoms with Crippen molar-refractivity contribution in [3.8, 4) is 0 Å². The highest BCUT2D eigenvalue weighted by atomic mass is 16.5. The Morgan fingerprint density at radius 1 is 0.939 bits per heavy atom. The number of carbonyl (C=O) groups excluding carboxylic acids is 3. The zero-order valence-electron chi connectivity index (χ0n) is 28.1. The molecule has 0 bridgehead atoms. The number of para-hydroxylation sites is 1. The average Bonchev–Trinajstić information content (AvgIpc) is 3.54. The van der Waals surface area contributed by atoms with Crippen molar-refractivity contribution in [1.29, 1.82) is 0 Å². The van der Waals surface area contributed by atoms with Gasteiger partial charge in [-0.15, -0.1) is 13.2 Å². The van der Waals surface area contributed by atoms with Crippen LogP contribution in [0.25, 0.3) is 10.9 Å². The molecule has 256 valence electrons. The summed E-state index contributed by atoms with van der Waals surface area (Å²) in [6, 6.07) is 24.8. The fourth-order valence-corrected chi connectivity index (χ4v) is 6.71. The van der Waals surface area contributed by atoms with Gasteiger partial charge in [0.25, 0.3) is 0 Å². The van der Waals surface area contributed by atoms with E-state index in [1.54, 1.807) is 17.1 Å². The Morgan fingerprint density at radius 3 is 2.43 bits per heavy atom. The highest BCUT2D eigenvalue weighted by molar-refractivity contribution is 5.87. The molecule has 1 aliphatic heterocycles. The predicted molar refractivity (Wildman–Crippen MR) is 192 cm³/mol. The molecule has 8 heteroatoms. The topological polar surface area (TPSA) is 112 Å². The van der Waals surface area contributed by atoms with Crippen LogP contribution in [0.2, 0.25) is 0 Å². The van der Waals surface area contributed by atoms with Gasteiger partial charge in [-0.1, -0.05) is 84.9 Å². The van der Waals surface area contributed by atoms with E-state index in [2.05, 4.69) is 23.5 Å². The van der Waals surface area contributed by atoms with E-state index in [0.717, 1.165) is 33.2 Å². The number of ether oxygens (including phenoxy) is 1. The number of nitrogens with zero attached hydrogens (tertiary/aromatic N) is 1. The predicted octanol–water partition coefficient (Wildman–Crippen LogP) is 6.09. The molecule has 1 aliphatic rings. The molecule has 3 N–H and O–H groups in total. The summed E-state index contributed by atoms with van der Waals surface area (Å²) in [5.74, 6) is -1.85. The van der Waals surface area contributed by atoms with Crippen LogP contribution < -0.4 is 5.32 Å². The van der Waals surface area contributed by atoms with Gasteiger partial charge >= 0.3 is 5.97 Å². The molecular weight excluding hydrogens is 614 g/mol. The third kappa shape index (κ3) is 9.36. The summed E-state index contributed by atoms with van der Waals surface area (Å²) < 4.78 is 5.95. The zero-order chi connectivity index (χ0) is 34.6. The minimum atomic E-state index is -0.680. The number of esters is 1. The van der Waals surface area contributed by atoms with E-state index < -0.39 is 12.0 Å². The number of aromatic nitrogens is 1. The van der Waals surface area contributed by atoms with Gasteiger partial charge in [-0.3, -0.25) is 14.4 Å². The lowest BCUT2D eigenvalue weighted by Gasteiger charge is -2.36. The molecule has 3 aromatic carbocycles. The zero-order valence-corrected chi connectivity index (χ0v) is 28.1. The Balaban J connectivity index is 1.31. The van der Waals surface area contributed by atoms with Crippen LogP contribution in [0.4, 0.5) is 0 Å². The van der Waals surface area contributed by atoms with Crippen LogP contribution >= 0.6 is 0 Å². The number of H-pyrrole nitrogens is 1. The maximum Gasteiger partial charge on any atom is 0.309 e. The Hall–Kier alpha value is -4.95. The van der Waals surface area contributed by atoms with Crippen LogP contribution in [0.3, 0.4) is 0 Å². The first kappa shape index (κ1) is 35.4. The lowest BCUT2D eigenvalue weighted by Crippen LogP contribution is -2.48. The van der Waals surface area contributed by atoms with E-state index >= 15 is 0 Å². The van der Waals surface area contributed by atoms with Crippen LogP contribution in [0.1, 0.15) is 47.9 Å². The number of fused-ring (bicyclic) bond motifs is 2. The van der Waals surface area contributed by atoms with Crippen molar-refractivity contribution < 1.29 is 24.2 Å². The van der Waals surface area contributed by atoms with E-state index in [4.69, 9.17) is 4.74 Å². The molecule has 2 heterocycles. The summed E-state index contributed by atoms with van der Waals surface area (Å²) in [5, 5.41) is 14.3. The number of allylic oxidation sites excluding steroid dienone is 2. The molecular formula is C41H47N3O5. The van der Waals surface area contributed by atoms with Gasteiger partial charge in [0.1, 0.15) is 6.61 Å². The molecule has 1 aromatic heterocycles. The van der Waals surface area contributed by atoms with Crippen LogP contribution in [0.5, 0.6) is 0 Å². The number of hydrogen-bond acceptors (Lipinski definition) is 5. The maximum atomic E-state index is 13.9. The smallest absolute Gasteiger partial charge is 0.309 e. The largest absolute Gasteiger partial charge is 0.463 e. The first-order valence-electron chi connectivity index (χ1n) is 17.1. The molecule has 4 aromatic rings. The van der Waals surface area contributed by atoms with Crippen molar-refractivity contribution in [2.45, 2.75) is 63.6 Å². The number of aliphatic hydroxyl groups excluding tert-OH is 1. The molecule has 4 atom stereocenters. The molecule has 0 fully saturated rings. The molecule has 5 rings (SSSR count). The van der Waals surface area contributed by atoms with E-state index in [1.165, 1.54) is 0 Å². The van der Waals surface area contributed by atoms with E-state index in [0.29, 0.717) is 45.1 Å². The molecule has 2 amide bonds. The number of carbonyl (C=O) groups is 3. The first-order chi connectivity index (χ1) is 23.9. The van der Waals surface area contributed by atoms with Gasteiger partial charge in [-0.25, -0.2) is 0 Å². The minimum Gasteiger partial charge on any atom is -0.463 e. The second kappa shape index (κ2) is 17.4. The average molecular weight is 662 g/mol. The number of amides is 2. The standard InChI is InChI=1S/C41H47N3O5/c1-3-5-16-32(21-29-14-7-6-8-15-29)41(48)49-28-35(22-34-25-42-38-20-12-11-19-37(34)38)43-40(47)31(13-4-2)24-39(46)44-26-33-18-10-9-17-30(33)23-36(44)27-45/h3-4,6-12,14-15,17-20,25,31-32,35-36,42,45H,1-2,5,13,16,21-24,26-28H2,(H,43,47)/t31-,32-,35+,36+/m1/s1. The fourth-order valence-electron chi connectivity index (χ4n) is 6.71. The second-order valence-corrected chi connectivity index (χ2v) is 12.9. The Morgan fingerprint density at radius 2 is 1.67 bits per heavy atom. The van der Waals surface area contributed by atoms with Gasteiger partial charge in [-0.05, 0) is 66.8 Å². The van der Waals surface area contributed by atoms with Crippen molar-refractivity contribution in [2.24, 2.45) is 11.8 Å². The fraction of sp³-hybridized carbons (Fsp3) is 0.341. The summed E-state index contributed by atoms with van der Waals surface area (Å²) >= 11 is 0. The van der Waals surface area contributed by atoms with Gasteiger partial charge < -0.3 is 25.0 Å². The molecule has 0 saturated carbocycles. The van der Waals surface area contributed by atoms with Crippen molar-refractivity contribution in [1.82, 2.24) is 15.2 Å². The number of benzene rings is 3. The number of hydrogen-bond donors (Lipinski definition) is 3. The first-order valence-corrected chi connectivity index (χ1v) is 17.1. The third-order valence-electron chi connectivity index (χ3n) is 9.42. The van der Waals surface area contributed by atoms with Crippen molar-refractivity contribution in [3.63, 3.8) is 0 Å². The maximum absolute atomic E-state index is 13.9. The summed E-state index contributed by atoms with van der Waals surface area (Å²) in [6.07, 6.45) is 8.45. The van der Waals surface area contributed by atoms with Crippen LogP contribution in [0.15, 0.2) is 110 Å². The molecule has 49 heavy (non-hydrogen) atoms. The Labute approximate surface area is 288 Å². The molecule has 0 spiro atoms. The van der Waals surface area contributed by atoms with Crippen LogP contribution in [-0.4, -0.2) is 58.1 Å². The second-order valence-electron chi connectivity index (χ2n) is 12.9. The Kier molecular flexibility index (Phi) is 12.6. The number of aromatic amines is 1. The summed E-state index contributed by atoms with van der Waals surface area (Å²) in [6.45, 7) is 7.88. The lowest BCUT2D eigenvalue weighted by molar-refractivity contribution is -0.150. The number of nitrogens with one attached hydrogen (secondary N) is 2. The quantitative estimate of drug-likeness (QED) is 0.0937.